The summed E-state index contributed by atoms with van der Waals surface area (Å²) >= 11 is 0. The summed E-state index contributed by atoms with van der Waals surface area (Å²) in [7, 11) is 0. The second kappa shape index (κ2) is 3.08. The molecule has 0 spiro atoms. The molecule has 2 aromatic rings. The number of rotatable bonds is 0. The van der Waals surface area contributed by atoms with Crippen LogP contribution in [0.2, 0.25) is 0 Å². The number of hydrogen-bond donors (Lipinski definition) is 1. The largest absolute Gasteiger partial charge is 0.383 e. The van der Waals surface area contributed by atoms with Gasteiger partial charge in [-0.1, -0.05) is 12.1 Å². The highest BCUT2D eigenvalue weighted by Gasteiger charge is 2.16. The predicted molar refractivity (Wildman–Crippen MR) is 58.3 cm³/mol. The predicted octanol–water partition coefficient (Wildman–Crippen LogP) is 1.54. The van der Waals surface area contributed by atoms with Crippen molar-refractivity contribution in [3.8, 4) is 5.69 Å². The average Bonchev–Trinajstić information content (AvgIpc) is 2.52. The number of fused-ring (bicyclic) bond motifs is 3. The van der Waals surface area contributed by atoms with Crippen LogP contribution in [0.25, 0.3) is 5.69 Å². The second-order valence-corrected chi connectivity index (χ2v) is 3.69. The summed E-state index contributed by atoms with van der Waals surface area (Å²) in [5, 5.41) is 11.7. The lowest BCUT2D eigenvalue weighted by Gasteiger charge is -2.09. The van der Waals surface area contributed by atoms with Crippen molar-refractivity contribution in [3.63, 3.8) is 0 Å². The van der Waals surface area contributed by atoms with Crippen molar-refractivity contribution in [3.05, 3.63) is 35.9 Å². The van der Waals surface area contributed by atoms with Crippen LogP contribution >= 0.6 is 0 Å². The standard InChI is InChI=1S/C11H12N4/c1-8-13-14-11-6-7-12-9-4-2-3-5-10(9)15(8)11/h2-5,12H,6-7H2,1H3. The first-order valence-electron chi connectivity index (χ1n) is 5.10. The van der Waals surface area contributed by atoms with E-state index in [-0.39, 0.29) is 0 Å². The summed E-state index contributed by atoms with van der Waals surface area (Å²) in [6.45, 7) is 2.90. The molecule has 0 atom stereocenters. The molecule has 0 aliphatic carbocycles. The van der Waals surface area contributed by atoms with Gasteiger partial charge in [0.1, 0.15) is 11.6 Å². The normalized spacial score (nSPS) is 13.7. The first-order valence-corrected chi connectivity index (χ1v) is 5.10. The van der Waals surface area contributed by atoms with Crippen LogP contribution in [0, 0.1) is 6.92 Å². The number of para-hydroxylation sites is 2. The van der Waals surface area contributed by atoms with E-state index in [4.69, 9.17) is 0 Å². The molecule has 1 aliphatic rings. The smallest absolute Gasteiger partial charge is 0.139 e. The van der Waals surface area contributed by atoms with Gasteiger partial charge in [0, 0.05) is 13.0 Å². The lowest BCUT2D eigenvalue weighted by molar-refractivity contribution is 0.866. The van der Waals surface area contributed by atoms with Gasteiger partial charge in [0.15, 0.2) is 0 Å². The number of aromatic nitrogens is 3. The van der Waals surface area contributed by atoms with Crippen molar-refractivity contribution < 1.29 is 0 Å². The van der Waals surface area contributed by atoms with Gasteiger partial charge in [0.2, 0.25) is 0 Å². The van der Waals surface area contributed by atoms with Crippen LogP contribution in [0.4, 0.5) is 5.69 Å². The van der Waals surface area contributed by atoms with Gasteiger partial charge < -0.3 is 5.32 Å². The van der Waals surface area contributed by atoms with Crippen molar-refractivity contribution in [2.45, 2.75) is 13.3 Å². The van der Waals surface area contributed by atoms with Crippen molar-refractivity contribution >= 4 is 5.69 Å². The number of nitrogens with zero attached hydrogens (tertiary/aromatic N) is 3. The number of benzene rings is 1. The Morgan fingerprint density at radius 2 is 2.13 bits per heavy atom. The molecule has 2 heterocycles. The molecule has 1 N–H and O–H groups in total. The van der Waals surface area contributed by atoms with E-state index in [0.717, 1.165) is 36.0 Å². The monoisotopic (exact) mass is 200 g/mol. The Morgan fingerprint density at radius 1 is 1.27 bits per heavy atom. The van der Waals surface area contributed by atoms with Crippen molar-refractivity contribution in [1.29, 1.82) is 0 Å². The Labute approximate surface area is 88.0 Å². The number of anilines is 1. The quantitative estimate of drug-likeness (QED) is 0.701. The van der Waals surface area contributed by atoms with E-state index in [2.05, 4.69) is 32.2 Å². The van der Waals surface area contributed by atoms with Crippen LogP contribution in [0.3, 0.4) is 0 Å². The van der Waals surface area contributed by atoms with Gasteiger partial charge in [-0.15, -0.1) is 10.2 Å². The fourth-order valence-corrected chi connectivity index (χ4v) is 2.01. The summed E-state index contributed by atoms with van der Waals surface area (Å²) in [4.78, 5) is 0. The van der Waals surface area contributed by atoms with Gasteiger partial charge in [-0.05, 0) is 19.1 Å². The summed E-state index contributed by atoms with van der Waals surface area (Å²) in [5.74, 6) is 1.98. The molecule has 1 aromatic heterocycles. The zero-order chi connectivity index (χ0) is 10.3. The highest BCUT2D eigenvalue weighted by atomic mass is 15.3. The van der Waals surface area contributed by atoms with Crippen LogP contribution in [-0.4, -0.2) is 21.3 Å². The first kappa shape index (κ1) is 8.47. The van der Waals surface area contributed by atoms with E-state index >= 15 is 0 Å². The first-order chi connectivity index (χ1) is 7.36. The van der Waals surface area contributed by atoms with Crippen LogP contribution in [0.5, 0.6) is 0 Å². The molecule has 3 rings (SSSR count). The minimum absolute atomic E-state index is 0.912. The van der Waals surface area contributed by atoms with Crippen LogP contribution < -0.4 is 5.32 Å². The summed E-state index contributed by atoms with van der Waals surface area (Å²) in [6, 6.07) is 8.25. The lowest BCUT2D eigenvalue weighted by Crippen LogP contribution is -2.03. The van der Waals surface area contributed by atoms with Gasteiger partial charge in [-0.2, -0.15) is 0 Å². The second-order valence-electron chi connectivity index (χ2n) is 3.69. The Kier molecular flexibility index (Phi) is 1.74. The lowest BCUT2D eigenvalue weighted by atomic mass is 10.2. The molecule has 0 unspecified atom stereocenters. The molecule has 0 radical (unpaired) electrons. The molecule has 1 aliphatic heterocycles. The third-order valence-electron chi connectivity index (χ3n) is 2.70. The Morgan fingerprint density at radius 3 is 3.07 bits per heavy atom. The maximum atomic E-state index is 4.19. The molecule has 4 nitrogen and oxygen atoms in total. The van der Waals surface area contributed by atoms with E-state index in [1.807, 2.05) is 19.1 Å². The Bertz CT molecular complexity index is 501. The number of nitrogens with one attached hydrogen (secondary N) is 1. The van der Waals surface area contributed by atoms with E-state index in [1.165, 1.54) is 0 Å². The maximum Gasteiger partial charge on any atom is 0.139 e. The molecule has 0 saturated carbocycles. The molecule has 0 saturated heterocycles. The fraction of sp³-hybridized carbons (Fsp3) is 0.273. The molecular formula is C11H12N4. The van der Waals surface area contributed by atoms with Crippen LogP contribution in [0.1, 0.15) is 11.6 Å². The van der Waals surface area contributed by atoms with Gasteiger partial charge in [-0.3, -0.25) is 4.57 Å². The zero-order valence-electron chi connectivity index (χ0n) is 8.57. The fourth-order valence-electron chi connectivity index (χ4n) is 2.01. The molecule has 1 aromatic carbocycles. The van der Waals surface area contributed by atoms with Gasteiger partial charge in [-0.25, -0.2) is 0 Å². The van der Waals surface area contributed by atoms with E-state index in [0.29, 0.717) is 0 Å². The Hall–Kier alpha value is -1.84. The van der Waals surface area contributed by atoms with Crippen molar-refractivity contribution in [2.24, 2.45) is 0 Å². The molecule has 0 bridgehead atoms. The highest BCUT2D eigenvalue weighted by molar-refractivity contribution is 5.62. The number of hydrogen-bond acceptors (Lipinski definition) is 3. The number of aryl methyl sites for hydroxylation is 1. The molecule has 15 heavy (non-hydrogen) atoms. The molecule has 4 heteroatoms. The summed E-state index contributed by atoms with van der Waals surface area (Å²) in [5.41, 5.74) is 2.30. The van der Waals surface area contributed by atoms with Crippen LogP contribution in [-0.2, 0) is 6.42 Å². The molecule has 0 amide bonds. The topological polar surface area (TPSA) is 42.7 Å². The van der Waals surface area contributed by atoms with Crippen LogP contribution in [0.15, 0.2) is 24.3 Å². The molecular weight excluding hydrogens is 188 g/mol. The van der Waals surface area contributed by atoms with Crippen molar-refractivity contribution in [2.75, 3.05) is 11.9 Å². The van der Waals surface area contributed by atoms with Crippen molar-refractivity contribution in [1.82, 2.24) is 14.8 Å². The third kappa shape index (κ3) is 1.21. The van der Waals surface area contributed by atoms with Gasteiger partial charge >= 0.3 is 0 Å². The van der Waals surface area contributed by atoms with Gasteiger partial charge in [0.25, 0.3) is 0 Å². The van der Waals surface area contributed by atoms with E-state index < -0.39 is 0 Å². The molecule has 0 fully saturated rings. The third-order valence-corrected chi connectivity index (χ3v) is 2.70. The molecule has 76 valence electrons. The summed E-state index contributed by atoms with van der Waals surface area (Å²) < 4.78 is 2.12. The summed E-state index contributed by atoms with van der Waals surface area (Å²) in [6.07, 6.45) is 0.912. The van der Waals surface area contributed by atoms with E-state index in [9.17, 15) is 0 Å². The average molecular weight is 200 g/mol. The van der Waals surface area contributed by atoms with E-state index in [1.54, 1.807) is 0 Å². The maximum absolute atomic E-state index is 4.19. The Balaban J connectivity index is 2.30. The zero-order valence-corrected chi connectivity index (χ0v) is 8.57. The SMILES string of the molecule is Cc1nnc2n1-c1ccccc1NCC2. The highest BCUT2D eigenvalue weighted by Crippen LogP contribution is 2.24. The van der Waals surface area contributed by atoms with Gasteiger partial charge in [0.05, 0.1) is 11.4 Å². The minimum atomic E-state index is 0.912. The minimum Gasteiger partial charge on any atom is -0.383 e.